The van der Waals surface area contributed by atoms with Gasteiger partial charge in [-0.3, -0.25) is 8.61 Å². The van der Waals surface area contributed by atoms with Crippen molar-refractivity contribution in [2.45, 2.75) is 25.7 Å². The van der Waals surface area contributed by atoms with Crippen molar-refractivity contribution in [3.63, 3.8) is 0 Å². The van der Waals surface area contributed by atoms with E-state index in [0.29, 0.717) is 10.8 Å². The zero-order valence-electron chi connectivity index (χ0n) is 8.45. The molecule has 0 amide bonds. The van der Waals surface area contributed by atoms with Gasteiger partial charge in [0.05, 0.1) is 0 Å². The normalized spacial score (nSPS) is 49.3. The molecule has 2 saturated heterocycles. The summed E-state index contributed by atoms with van der Waals surface area (Å²) in [5.74, 6) is 0. The fraction of sp³-hybridized carbons (Fsp3) is 1.00. The molecule has 0 N–H and O–H groups in total. The third kappa shape index (κ3) is 1.14. The molecular weight excluding hydrogens is 212 g/mol. The SMILES string of the molecule is SN1CCC23CCCC2(C1)CN(S)C3. The van der Waals surface area contributed by atoms with Crippen LogP contribution in [0.15, 0.2) is 0 Å². The predicted octanol–water partition coefficient (Wildman–Crippen LogP) is 1.85. The molecule has 0 aromatic heterocycles. The van der Waals surface area contributed by atoms with Crippen LogP contribution in [0.1, 0.15) is 25.7 Å². The summed E-state index contributed by atoms with van der Waals surface area (Å²) in [7, 11) is 0. The zero-order valence-corrected chi connectivity index (χ0v) is 10.2. The van der Waals surface area contributed by atoms with Crippen LogP contribution < -0.4 is 0 Å². The maximum atomic E-state index is 4.56. The second-order valence-electron chi connectivity index (χ2n) is 5.38. The Morgan fingerprint density at radius 1 is 0.786 bits per heavy atom. The van der Waals surface area contributed by atoms with Gasteiger partial charge >= 0.3 is 0 Å². The van der Waals surface area contributed by atoms with Gasteiger partial charge in [0.15, 0.2) is 0 Å². The quantitative estimate of drug-likeness (QED) is 0.613. The van der Waals surface area contributed by atoms with Crippen LogP contribution in [0.25, 0.3) is 0 Å². The van der Waals surface area contributed by atoms with Crippen LogP contribution in [0.3, 0.4) is 0 Å². The van der Waals surface area contributed by atoms with E-state index in [0.717, 1.165) is 6.54 Å². The molecule has 0 bridgehead atoms. The summed E-state index contributed by atoms with van der Waals surface area (Å²) in [6.45, 7) is 4.71. The van der Waals surface area contributed by atoms with E-state index in [4.69, 9.17) is 0 Å². The van der Waals surface area contributed by atoms with Gasteiger partial charge in [0.2, 0.25) is 0 Å². The first-order chi connectivity index (χ1) is 6.66. The van der Waals surface area contributed by atoms with Crippen LogP contribution in [0, 0.1) is 10.8 Å². The molecule has 0 aromatic carbocycles. The third-order valence-electron chi connectivity index (χ3n) is 4.74. The number of thiol groups is 2. The number of rotatable bonds is 0. The van der Waals surface area contributed by atoms with E-state index in [-0.39, 0.29) is 0 Å². The van der Waals surface area contributed by atoms with Crippen LogP contribution in [0.4, 0.5) is 0 Å². The second kappa shape index (κ2) is 3.06. The molecule has 3 rings (SSSR count). The van der Waals surface area contributed by atoms with Gasteiger partial charge in [0.1, 0.15) is 0 Å². The fourth-order valence-corrected chi connectivity index (χ4v) is 4.99. The van der Waals surface area contributed by atoms with E-state index in [9.17, 15) is 0 Å². The Morgan fingerprint density at radius 3 is 2.29 bits per heavy atom. The minimum Gasteiger partial charge on any atom is -0.253 e. The molecule has 1 saturated carbocycles. The molecule has 0 spiro atoms. The third-order valence-corrected chi connectivity index (χ3v) is 5.36. The Labute approximate surface area is 97.1 Å². The molecule has 0 aromatic rings. The highest BCUT2D eigenvalue weighted by molar-refractivity contribution is 7.77. The molecule has 2 heterocycles. The number of hydrogen-bond donors (Lipinski definition) is 2. The summed E-state index contributed by atoms with van der Waals surface area (Å²) in [5, 5.41) is 0. The van der Waals surface area contributed by atoms with Crippen molar-refractivity contribution < 1.29 is 0 Å². The molecule has 80 valence electrons. The molecule has 3 fully saturated rings. The lowest BCUT2D eigenvalue weighted by atomic mass is 9.64. The van der Waals surface area contributed by atoms with Crippen molar-refractivity contribution >= 4 is 25.6 Å². The number of piperidine rings is 1. The molecule has 0 radical (unpaired) electrons. The lowest BCUT2D eigenvalue weighted by Gasteiger charge is -2.46. The average Bonchev–Trinajstić information content (AvgIpc) is 2.54. The van der Waals surface area contributed by atoms with E-state index in [1.165, 1.54) is 45.3 Å². The highest BCUT2D eigenvalue weighted by Crippen LogP contribution is 2.62. The number of nitrogens with zero attached hydrogens (tertiary/aromatic N) is 2. The molecule has 2 nitrogen and oxygen atoms in total. The van der Waals surface area contributed by atoms with E-state index in [2.05, 4.69) is 34.2 Å². The van der Waals surface area contributed by atoms with Gasteiger partial charge in [-0.05, 0) is 24.7 Å². The largest absolute Gasteiger partial charge is 0.253 e. The van der Waals surface area contributed by atoms with E-state index in [1.807, 2.05) is 0 Å². The topological polar surface area (TPSA) is 6.48 Å². The molecule has 2 unspecified atom stereocenters. The Hall–Kier alpha value is 0.620. The summed E-state index contributed by atoms with van der Waals surface area (Å²) < 4.78 is 4.46. The monoisotopic (exact) mass is 230 g/mol. The molecule has 1 aliphatic carbocycles. The van der Waals surface area contributed by atoms with Crippen LogP contribution in [-0.2, 0) is 0 Å². The van der Waals surface area contributed by atoms with Gasteiger partial charge in [0.25, 0.3) is 0 Å². The van der Waals surface area contributed by atoms with Crippen molar-refractivity contribution in [3.05, 3.63) is 0 Å². The highest BCUT2D eigenvalue weighted by atomic mass is 32.1. The standard InChI is InChI=1S/C10H18N2S2/c13-11-5-4-9-2-1-3-10(9,7-11)8-12(14)6-9/h13-14H,1-8H2. The van der Waals surface area contributed by atoms with E-state index in [1.54, 1.807) is 0 Å². The molecular formula is C10H18N2S2. The smallest absolute Gasteiger partial charge is 0.0162 e. The maximum Gasteiger partial charge on any atom is 0.0162 e. The minimum atomic E-state index is 0.523. The van der Waals surface area contributed by atoms with Crippen LogP contribution in [0.2, 0.25) is 0 Å². The van der Waals surface area contributed by atoms with Gasteiger partial charge in [0, 0.05) is 31.6 Å². The molecule has 2 aliphatic heterocycles. The molecule has 14 heavy (non-hydrogen) atoms. The van der Waals surface area contributed by atoms with Gasteiger partial charge in [-0.25, -0.2) is 0 Å². The summed E-state index contributed by atoms with van der Waals surface area (Å²) >= 11 is 9.10. The van der Waals surface area contributed by atoms with Gasteiger partial charge in [-0.15, -0.1) is 0 Å². The first kappa shape index (κ1) is 9.82. The minimum absolute atomic E-state index is 0.523. The Bertz CT molecular complexity index is 261. The lowest BCUT2D eigenvalue weighted by molar-refractivity contribution is 0.0535. The average molecular weight is 230 g/mol. The van der Waals surface area contributed by atoms with Crippen molar-refractivity contribution in [2.24, 2.45) is 10.8 Å². The van der Waals surface area contributed by atoms with Crippen molar-refractivity contribution in [1.29, 1.82) is 0 Å². The Balaban J connectivity index is 1.97. The second-order valence-corrected chi connectivity index (χ2v) is 6.51. The van der Waals surface area contributed by atoms with Crippen molar-refractivity contribution in [1.82, 2.24) is 8.61 Å². The first-order valence-electron chi connectivity index (χ1n) is 5.54. The van der Waals surface area contributed by atoms with Crippen molar-refractivity contribution in [2.75, 3.05) is 26.2 Å². The predicted molar refractivity (Wildman–Crippen MR) is 64.5 cm³/mol. The van der Waals surface area contributed by atoms with Crippen LogP contribution in [-0.4, -0.2) is 34.8 Å². The van der Waals surface area contributed by atoms with E-state index >= 15 is 0 Å². The maximum absolute atomic E-state index is 4.56. The van der Waals surface area contributed by atoms with Crippen LogP contribution >= 0.6 is 25.6 Å². The first-order valence-corrected chi connectivity index (χ1v) is 6.34. The summed E-state index contributed by atoms with van der Waals surface area (Å²) in [5.41, 5.74) is 1.11. The molecule has 2 atom stereocenters. The summed E-state index contributed by atoms with van der Waals surface area (Å²) in [6.07, 6.45) is 5.56. The Kier molecular flexibility index (Phi) is 2.15. The van der Waals surface area contributed by atoms with Crippen molar-refractivity contribution in [3.8, 4) is 0 Å². The van der Waals surface area contributed by atoms with Gasteiger partial charge in [-0.1, -0.05) is 32.1 Å². The molecule has 4 heteroatoms. The molecule has 3 aliphatic rings. The summed E-state index contributed by atoms with van der Waals surface area (Å²) in [6, 6.07) is 0. The zero-order chi connectivity index (χ0) is 9.81. The lowest BCUT2D eigenvalue weighted by Crippen LogP contribution is -2.49. The number of hydrogen-bond acceptors (Lipinski definition) is 4. The Morgan fingerprint density at radius 2 is 1.43 bits per heavy atom. The summed E-state index contributed by atoms with van der Waals surface area (Å²) in [4.78, 5) is 0. The van der Waals surface area contributed by atoms with E-state index < -0.39 is 0 Å². The van der Waals surface area contributed by atoms with Gasteiger partial charge in [-0.2, -0.15) is 0 Å². The van der Waals surface area contributed by atoms with Crippen LogP contribution in [0.5, 0.6) is 0 Å². The fourth-order valence-electron chi connectivity index (χ4n) is 4.08. The van der Waals surface area contributed by atoms with Gasteiger partial charge < -0.3 is 0 Å². The highest BCUT2D eigenvalue weighted by Gasteiger charge is 2.61.